The number of carbonyl (C=O) groups is 1. The van der Waals surface area contributed by atoms with Crippen LogP contribution in [0.25, 0.3) is 0 Å². The number of nitrogens with two attached hydrogens (primary N) is 1. The van der Waals surface area contributed by atoms with Crippen molar-refractivity contribution in [2.24, 2.45) is 10.9 Å². The summed E-state index contributed by atoms with van der Waals surface area (Å²) in [6, 6.07) is 0. The molecule has 0 aromatic carbocycles. The smallest absolute Gasteiger partial charge is 0.411 e. The first kappa shape index (κ1) is 32.0. The molecule has 1 amide bonds. The zero-order valence-electron chi connectivity index (χ0n) is 17.9. The number of phosphoric ester groups is 1. The highest BCUT2D eigenvalue weighted by atomic mass is 31.3. The molecule has 33 heavy (non-hydrogen) atoms. The first-order chi connectivity index (χ1) is 15.0. The number of ether oxygens (including phenoxy) is 1. The molecule has 20 heteroatoms. The van der Waals surface area contributed by atoms with E-state index in [-0.39, 0.29) is 0 Å². The number of hydrogen-bond donors (Lipinski definition) is 7. The van der Waals surface area contributed by atoms with Crippen LogP contribution in [0.5, 0.6) is 0 Å². The van der Waals surface area contributed by atoms with E-state index in [9.17, 15) is 23.4 Å². The van der Waals surface area contributed by atoms with E-state index in [0.717, 1.165) is 0 Å². The average molecular weight is 542 g/mol. The van der Waals surface area contributed by atoms with Crippen molar-refractivity contribution >= 4 is 35.6 Å². The summed E-state index contributed by atoms with van der Waals surface area (Å²) in [6.45, 7) is 2.87. The van der Waals surface area contributed by atoms with E-state index >= 15 is 0 Å². The second kappa shape index (κ2) is 14.4. The van der Waals surface area contributed by atoms with Crippen LogP contribution in [0.3, 0.4) is 0 Å². The minimum Gasteiger partial charge on any atom is -0.411 e. The Hall–Kier alpha value is -1.03. The molecule has 8 N–H and O–H groups in total. The molecule has 0 spiro atoms. The number of nitrogens with one attached hydrogen (secondary N) is 1. The summed E-state index contributed by atoms with van der Waals surface area (Å²) in [5.41, 5.74) is 6.29. The lowest BCUT2D eigenvalue weighted by Crippen LogP contribution is -2.34. The van der Waals surface area contributed by atoms with Gasteiger partial charge in [-0.15, -0.1) is 0 Å². The van der Waals surface area contributed by atoms with Crippen LogP contribution in [-0.2, 0) is 36.4 Å². The predicted octanol–water partition coefficient (Wildman–Crippen LogP) is 0.168. The van der Waals surface area contributed by atoms with Gasteiger partial charge in [-0.3, -0.25) is 14.2 Å². The summed E-state index contributed by atoms with van der Waals surface area (Å²) in [6.07, 6.45) is 2.06. The van der Waals surface area contributed by atoms with E-state index in [1.54, 1.807) is 20.9 Å². The van der Waals surface area contributed by atoms with Gasteiger partial charge in [-0.25, -0.2) is 13.7 Å². The molecule has 1 aliphatic heterocycles. The van der Waals surface area contributed by atoms with Crippen LogP contribution in [0.15, 0.2) is 17.4 Å². The van der Waals surface area contributed by atoms with Crippen molar-refractivity contribution in [3.63, 3.8) is 0 Å². The lowest BCUT2D eigenvalue weighted by Gasteiger charge is -2.22. The molecule has 0 aromatic rings. The van der Waals surface area contributed by atoms with Crippen LogP contribution in [-0.4, -0.2) is 74.0 Å². The van der Waals surface area contributed by atoms with Gasteiger partial charge in [0.25, 0.3) is 0 Å². The summed E-state index contributed by atoms with van der Waals surface area (Å²) in [5, 5.41) is 13.3. The Kier molecular flexibility index (Phi) is 13.9. The Labute approximate surface area is 189 Å². The SMILES string of the molecule is CC(C)=NO.CNC(N)/C=C\N(C=O)C1CCC(COP(=O)(O)OP(=O)(O)OP(=O)(O)O)O1. The Morgan fingerprint density at radius 2 is 1.79 bits per heavy atom. The third-order valence-electron chi connectivity index (χ3n) is 3.38. The summed E-state index contributed by atoms with van der Waals surface area (Å²) in [5.74, 6) is 0. The minimum atomic E-state index is -5.57. The number of nitrogens with zero attached hydrogens (tertiary/aromatic N) is 2. The monoisotopic (exact) mass is 542 g/mol. The maximum absolute atomic E-state index is 11.6. The fourth-order valence-electron chi connectivity index (χ4n) is 2.00. The molecule has 1 saturated heterocycles. The van der Waals surface area contributed by atoms with Crippen molar-refractivity contribution < 1.29 is 61.2 Å². The van der Waals surface area contributed by atoms with Crippen LogP contribution in [0.4, 0.5) is 0 Å². The Bertz CT molecular complexity index is 815. The van der Waals surface area contributed by atoms with Gasteiger partial charge in [0.1, 0.15) is 6.23 Å². The lowest BCUT2D eigenvalue weighted by molar-refractivity contribution is -0.127. The Morgan fingerprint density at radius 1 is 1.21 bits per heavy atom. The molecule has 0 aromatic heterocycles. The summed E-state index contributed by atoms with van der Waals surface area (Å²) in [7, 11) is -14.6. The van der Waals surface area contributed by atoms with Gasteiger partial charge in [0.05, 0.1) is 24.6 Å². The van der Waals surface area contributed by atoms with E-state index in [0.29, 0.717) is 25.0 Å². The fourth-order valence-corrected chi connectivity index (χ4v) is 5.05. The summed E-state index contributed by atoms with van der Waals surface area (Å²) < 4.78 is 50.6. The maximum Gasteiger partial charge on any atom is 0.490 e. The molecule has 5 unspecified atom stereocenters. The van der Waals surface area contributed by atoms with Crippen LogP contribution in [0.2, 0.25) is 0 Å². The first-order valence-corrected chi connectivity index (χ1v) is 13.5. The highest BCUT2D eigenvalue weighted by Gasteiger charge is 2.41. The van der Waals surface area contributed by atoms with E-state index in [1.807, 2.05) is 0 Å². The summed E-state index contributed by atoms with van der Waals surface area (Å²) >= 11 is 0. The molecule has 1 heterocycles. The Morgan fingerprint density at radius 3 is 2.24 bits per heavy atom. The molecule has 1 aliphatic rings. The normalized spacial score (nSPS) is 23.0. The molecule has 0 bridgehead atoms. The Balaban J connectivity index is 0.00000184. The zero-order valence-corrected chi connectivity index (χ0v) is 20.6. The average Bonchev–Trinajstić information content (AvgIpc) is 3.13. The van der Waals surface area contributed by atoms with E-state index < -0.39 is 48.6 Å². The highest BCUT2D eigenvalue weighted by molar-refractivity contribution is 7.66. The van der Waals surface area contributed by atoms with Gasteiger partial charge in [-0.1, -0.05) is 5.16 Å². The largest absolute Gasteiger partial charge is 0.490 e. The molecule has 17 nitrogen and oxygen atoms in total. The minimum absolute atomic E-state index is 0.302. The van der Waals surface area contributed by atoms with Gasteiger partial charge >= 0.3 is 23.5 Å². The topological polar surface area (TPSA) is 260 Å². The molecule has 5 atom stereocenters. The summed E-state index contributed by atoms with van der Waals surface area (Å²) in [4.78, 5) is 47.7. The second-order valence-corrected chi connectivity index (χ2v) is 10.9. The van der Waals surface area contributed by atoms with Crippen LogP contribution in [0, 0.1) is 0 Å². The lowest BCUT2D eigenvalue weighted by atomic mass is 10.2. The number of oxime groups is 1. The highest BCUT2D eigenvalue weighted by Crippen LogP contribution is 2.66. The number of likely N-dealkylation sites (N-methyl/N-ethyl adjacent to an activating group) is 1. The standard InChI is InChI=1S/C10H22N3O12P3.C3H7NO/c1-12-9(11)4-5-13(7-14)10-3-2-8(23-10)6-22-27(18,19)25-28(20,21)24-26(15,16)17;1-3(2)4-5/h4-5,7-10,12H,2-3,6,11H2,1H3,(H,18,19)(H,20,21)(H2,15,16,17);5H,1-2H3/b5-4-;. The molecular weight excluding hydrogens is 513 g/mol. The molecule has 1 fully saturated rings. The quantitative estimate of drug-likeness (QED) is 0.0433. The van der Waals surface area contributed by atoms with Gasteiger partial charge in [0.2, 0.25) is 6.41 Å². The maximum atomic E-state index is 11.6. The number of amides is 1. The third kappa shape index (κ3) is 15.5. The number of hydrogen-bond acceptors (Lipinski definition) is 12. The van der Waals surface area contributed by atoms with Crippen molar-refractivity contribution in [3.8, 4) is 0 Å². The third-order valence-corrected chi connectivity index (χ3v) is 7.18. The van der Waals surface area contributed by atoms with Crippen molar-refractivity contribution in [3.05, 3.63) is 12.3 Å². The van der Waals surface area contributed by atoms with E-state index in [2.05, 4.69) is 23.6 Å². The van der Waals surface area contributed by atoms with E-state index in [4.69, 9.17) is 30.4 Å². The zero-order chi connectivity index (χ0) is 25.9. The first-order valence-electron chi connectivity index (χ1n) is 8.97. The predicted molar refractivity (Wildman–Crippen MR) is 112 cm³/mol. The molecule has 194 valence electrons. The number of carbonyl (C=O) groups excluding carboxylic acids is 1. The fraction of sp³-hybridized carbons (Fsp3) is 0.692. The van der Waals surface area contributed by atoms with Crippen LogP contribution < -0.4 is 11.1 Å². The number of rotatable bonds is 12. The van der Waals surface area contributed by atoms with Gasteiger partial charge in [-0.2, -0.15) is 8.62 Å². The van der Waals surface area contributed by atoms with E-state index in [1.165, 1.54) is 17.2 Å². The number of phosphoric acid groups is 3. The van der Waals surface area contributed by atoms with Crippen molar-refractivity contribution in [2.45, 2.75) is 45.2 Å². The molecule has 0 saturated carbocycles. The van der Waals surface area contributed by atoms with Gasteiger partial charge in [-0.05, 0) is 39.8 Å². The van der Waals surface area contributed by atoms with Gasteiger partial charge < -0.3 is 40.6 Å². The van der Waals surface area contributed by atoms with Crippen molar-refractivity contribution in [1.29, 1.82) is 0 Å². The van der Waals surface area contributed by atoms with Crippen molar-refractivity contribution in [1.82, 2.24) is 10.2 Å². The second-order valence-electron chi connectivity index (χ2n) is 6.43. The van der Waals surface area contributed by atoms with Gasteiger partial charge in [0.15, 0.2) is 0 Å². The molecular formula is C13H29N4O13P3. The van der Waals surface area contributed by atoms with Crippen molar-refractivity contribution in [2.75, 3.05) is 13.7 Å². The van der Waals surface area contributed by atoms with Gasteiger partial charge in [0, 0.05) is 6.20 Å². The molecule has 0 aliphatic carbocycles. The molecule has 1 rings (SSSR count). The van der Waals surface area contributed by atoms with Crippen LogP contribution >= 0.6 is 23.5 Å². The molecule has 0 radical (unpaired) electrons. The van der Waals surface area contributed by atoms with Crippen LogP contribution in [0.1, 0.15) is 26.7 Å².